The van der Waals surface area contributed by atoms with Gasteiger partial charge >= 0.3 is 0 Å². The molecule has 0 bridgehead atoms. The third kappa shape index (κ3) is 1.61. The summed E-state index contributed by atoms with van der Waals surface area (Å²) in [6.07, 6.45) is 10.7. The summed E-state index contributed by atoms with van der Waals surface area (Å²) in [7, 11) is 0. The predicted molar refractivity (Wildman–Crippen MR) is 55.9 cm³/mol. The van der Waals surface area contributed by atoms with Gasteiger partial charge in [-0.15, -0.1) is 0 Å². The molecule has 14 heavy (non-hydrogen) atoms. The second kappa shape index (κ2) is 4.03. The van der Waals surface area contributed by atoms with Crippen LogP contribution in [0.2, 0.25) is 0 Å². The molecule has 0 saturated heterocycles. The molecule has 2 heteroatoms. The highest BCUT2D eigenvalue weighted by atomic mass is 16.3. The number of hydrogen-bond donors (Lipinski definition) is 2. The smallest absolute Gasteiger partial charge is 0.0738 e. The monoisotopic (exact) mass is 196 g/mol. The minimum absolute atomic E-state index is 0.0945. The minimum atomic E-state index is -0.441. The lowest BCUT2D eigenvalue weighted by atomic mass is 9.74. The van der Waals surface area contributed by atoms with Crippen LogP contribution in [0.25, 0.3) is 0 Å². The van der Waals surface area contributed by atoms with Crippen molar-refractivity contribution < 1.29 is 10.2 Å². The first-order valence-corrected chi connectivity index (χ1v) is 5.77. The summed E-state index contributed by atoms with van der Waals surface area (Å²) in [4.78, 5) is 0. The molecule has 2 nitrogen and oxygen atoms in total. The molecular formula is C12H20O2. The Bertz CT molecular complexity index is 224. The number of aliphatic hydroxyl groups is 2. The standard InChI is InChI=1S/C12H20O2/c13-9-3-5-11-7-6-10-4-1-2-8-12(10,11)14/h3,5,10-11,13-14H,1-2,4,6-9H2/b5-3+/t10-,11+,12+/m0/s1. The molecule has 0 radical (unpaired) electrons. The Labute approximate surface area is 85.6 Å². The zero-order valence-electron chi connectivity index (χ0n) is 8.65. The molecule has 0 amide bonds. The number of fused-ring (bicyclic) bond motifs is 1. The van der Waals surface area contributed by atoms with Crippen LogP contribution in [0, 0.1) is 11.8 Å². The third-order valence-corrected chi connectivity index (χ3v) is 4.03. The summed E-state index contributed by atoms with van der Waals surface area (Å²) < 4.78 is 0. The van der Waals surface area contributed by atoms with Gasteiger partial charge in [-0.3, -0.25) is 0 Å². The molecule has 0 aromatic heterocycles. The maximum absolute atomic E-state index is 10.6. The Morgan fingerprint density at radius 2 is 2.07 bits per heavy atom. The minimum Gasteiger partial charge on any atom is -0.392 e. The van der Waals surface area contributed by atoms with Gasteiger partial charge in [-0.1, -0.05) is 25.0 Å². The molecule has 0 spiro atoms. The van der Waals surface area contributed by atoms with E-state index in [1.807, 2.05) is 6.08 Å². The van der Waals surface area contributed by atoms with Crippen LogP contribution in [0.3, 0.4) is 0 Å². The van der Waals surface area contributed by atoms with Crippen molar-refractivity contribution in [2.75, 3.05) is 6.61 Å². The number of aliphatic hydroxyl groups excluding tert-OH is 1. The molecule has 2 N–H and O–H groups in total. The van der Waals surface area contributed by atoms with Crippen LogP contribution < -0.4 is 0 Å². The normalized spacial score (nSPS) is 43.0. The first-order chi connectivity index (χ1) is 6.77. The van der Waals surface area contributed by atoms with E-state index in [2.05, 4.69) is 0 Å². The molecular weight excluding hydrogens is 176 g/mol. The molecule has 2 fully saturated rings. The summed E-state index contributed by atoms with van der Waals surface area (Å²) in [6.45, 7) is 0.0945. The van der Waals surface area contributed by atoms with E-state index in [1.54, 1.807) is 6.08 Å². The molecule has 80 valence electrons. The van der Waals surface area contributed by atoms with Crippen molar-refractivity contribution in [3.63, 3.8) is 0 Å². The highest BCUT2D eigenvalue weighted by Crippen LogP contribution is 2.49. The quantitative estimate of drug-likeness (QED) is 0.662. The summed E-state index contributed by atoms with van der Waals surface area (Å²) in [5.74, 6) is 0.810. The highest BCUT2D eigenvalue weighted by Gasteiger charge is 2.48. The van der Waals surface area contributed by atoms with Gasteiger partial charge in [-0.2, -0.15) is 0 Å². The van der Waals surface area contributed by atoms with Crippen LogP contribution in [-0.4, -0.2) is 22.4 Å². The van der Waals surface area contributed by atoms with Gasteiger partial charge in [0.25, 0.3) is 0 Å². The Hall–Kier alpha value is -0.340. The van der Waals surface area contributed by atoms with Crippen LogP contribution in [0.1, 0.15) is 38.5 Å². The van der Waals surface area contributed by atoms with Crippen molar-refractivity contribution in [3.8, 4) is 0 Å². The van der Waals surface area contributed by atoms with Crippen LogP contribution >= 0.6 is 0 Å². The first kappa shape index (κ1) is 10.2. The van der Waals surface area contributed by atoms with Crippen LogP contribution in [0.15, 0.2) is 12.2 Å². The first-order valence-electron chi connectivity index (χ1n) is 5.77. The zero-order chi connectivity index (χ0) is 10.0. The molecule has 0 heterocycles. The Morgan fingerprint density at radius 1 is 1.21 bits per heavy atom. The van der Waals surface area contributed by atoms with E-state index in [1.165, 1.54) is 12.8 Å². The molecule has 0 aliphatic heterocycles. The lowest BCUT2D eigenvalue weighted by Gasteiger charge is -2.38. The van der Waals surface area contributed by atoms with E-state index in [0.29, 0.717) is 11.8 Å². The third-order valence-electron chi connectivity index (χ3n) is 4.03. The largest absolute Gasteiger partial charge is 0.392 e. The summed E-state index contributed by atoms with van der Waals surface area (Å²) >= 11 is 0. The lowest BCUT2D eigenvalue weighted by molar-refractivity contribution is -0.0495. The van der Waals surface area contributed by atoms with Crippen molar-refractivity contribution in [2.24, 2.45) is 11.8 Å². The molecule has 0 unspecified atom stereocenters. The molecule has 2 rings (SSSR count). The number of hydrogen-bond acceptors (Lipinski definition) is 2. The van der Waals surface area contributed by atoms with Crippen molar-refractivity contribution in [1.29, 1.82) is 0 Å². The van der Waals surface area contributed by atoms with E-state index in [9.17, 15) is 5.11 Å². The predicted octanol–water partition coefficient (Wildman–Crippen LogP) is 1.87. The Balaban J connectivity index is 2.09. The molecule has 0 aromatic carbocycles. The fourth-order valence-electron chi connectivity index (χ4n) is 3.25. The van der Waals surface area contributed by atoms with Gasteiger partial charge in [0.2, 0.25) is 0 Å². The summed E-state index contributed by atoms with van der Waals surface area (Å²) in [5, 5.41) is 19.3. The van der Waals surface area contributed by atoms with Crippen LogP contribution in [0.5, 0.6) is 0 Å². The molecule has 0 aromatic rings. The fourth-order valence-corrected chi connectivity index (χ4v) is 3.25. The average molecular weight is 196 g/mol. The van der Waals surface area contributed by atoms with E-state index < -0.39 is 5.60 Å². The van der Waals surface area contributed by atoms with Gasteiger partial charge in [0.05, 0.1) is 12.2 Å². The van der Waals surface area contributed by atoms with Crippen molar-refractivity contribution in [1.82, 2.24) is 0 Å². The van der Waals surface area contributed by atoms with E-state index in [4.69, 9.17) is 5.11 Å². The Morgan fingerprint density at radius 3 is 2.86 bits per heavy atom. The van der Waals surface area contributed by atoms with Crippen LogP contribution in [0.4, 0.5) is 0 Å². The van der Waals surface area contributed by atoms with Crippen molar-refractivity contribution in [3.05, 3.63) is 12.2 Å². The molecule has 2 aliphatic carbocycles. The SMILES string of the molecule is OC/C=C/[C@@H]1CC[C@@H]2CCCC[C@@]21O. The average Bonchev–Trinajstić information content (AvgIpc) is 2.52. The molecule has 2 aliphatic rings. The molecule has 2 saturated carbocycles. The van der Waals surface area contributed by atoms with Gasteiger partial charge < -0.3 is 10.2 Å². The fraction of sp³-hybridized carbons (Fsp3) is 0.833. The summed E-state index contributed by atoms with van der Waals surface area (Å²) in [5.41, 5.74) is -0.441. The topological polar surface area (TPSA) is 40.5 Å². The van der Waals surface area contributed by atoms with E-state index in [0.717, 1.165) is 25.7 Å². The maximum atomic E-state index is 10.6. The zero-order valence-corrected chi connectivity index (χ0v) is 8.65. The second-order valence-electron chi connectivity index (χ2n) is 4.73. The van der Waals surface area contributed by atoms with Crippen molar-refractivity contribution >= 4 is 0 Å². The van der Waals surface area contributed by atoms with Gasteiger partial charge in [-0.25, -0.2) is 0 Å². The Kier molecular flexibility index (Phi) is 2.93. The van der Waals surface area contributed by atoms with Gasteiger partial charge in [-0.05, 0) is 31.6 Å². The second-order valence-corrected chi connectivity index (χ2v) is 4.73. The van der Waals surface area contributed by atoms with Gasteiger partial charge in [0.15, 0.2) is 0 Å². The maximum Gasteiger partial charge on any atom is 0.0738 e. The number of rotatable bonds is 2. The summed E-state index contributed by atoms with van der Waals surface area (Å²) in [6, 6.07) is 0. The van der Waals surface area contributed by atoms with E-state index >= 15 is 0 Å². The highest BCUT2D eigenvalue weighted by molar-refractivity contribution is 5.08. The molecule has 3 atom stereocenters. The van der Waals surface area contributed by atoms with Gasteiger partial charge in [0.1, 0.15) is 0 Å². The van der Waals surface area contributed by atoms with Crippen LogP contribution in [-0.2, 0) is 0 Å². The van der Waals surface area contributed by atoms with Gasteiger partial charge in [0, 0.05) is 5.92 Å². The van der Waals surface area contributed by atoms with E-state index in [-0.39, 0.29) is 6.61 Å². The lowest BCUT2D eigenvalue weighted by Crippen LogP contribution is -2.41. The van der Waals surface area contributed by atoms with Crippen molar-refractivity contribution in [2.45, 2.75) is 44.1 Å².